The zero-order valence-electron chi connectivity index (χ0n) is 8.06. The Labute approximate surface area is 124 Å². The van der Waals surface area contributed by atoms with Gasteiger partial charge in [-0.3, -0.25) is 0 Å². The van der Waals surface area contributed by atoms with E-state index in [4.69, 9.17) is 0 Å². The van der Waals surface area contributed by atoms with Crippen LogP contribution in [0.3, 0.4) is 0 Å². The van der Waals surface area contributed by atoms with E-state index < -0.39 is 6.98 Å². The van der Waals surface area contributed by atoms with Crippen LogP contribution in [0.15, 0.2) is 18.2 Å². The average Bonchev–Trinajstić information content (AvgIpc) is 2.48. The molecule has 0 nitrogen and oxygen atoms in total. The fourth-order valence-electron chi connectivity index (χ4n) is 1.96. The molecule has 5 heteroatoms. The zero-order valence-corrected chi connectivity index (χ0v) is 11.2. The Morgan fingerprint density at radius 2 is 1.79 bits per heavy atom. The van der Waals surface area contributed by atoms with Gasteiger partial charge in [-0.2, -0.15) is 0 Å². The molecular formula is C9H9BF3K. The minimum absolute atomic E-state index is 0. The molecule has 0 amide bonds. The van der Waals surface area contributed by atoms with Crippen LogP contribution in [0.4, 0.5) is 12.9 Å². The topological polar surface area (TPSA) is 0 Å². The van der Waals surface area contributed by atoms with Crippen LogP contribution in [-0.2, 0) is 12.8 Å². The van der Waals surface area contributed by atoms with Crippen LogP contribution in [0, 0.1) is 0 Å². The van der Waals surface area contributed by atoms with Crippen LogP contribution in [0.2, 0.25) is 0 Å². The van der Waals surface area contributed by atoms with E-state index in [1.807, 2.05) is 0 Å². The van der Waals surface area contributed by atoms with Gasteiger partial charge in [-0.15, -0.1) is 5.46 Å². The van der Waals surface area contributed by atoms with Gasteiger partial charge in [0.1, 0.15) is 0 Å². The second kappa shape index (κ2) is 4.70. The number of aryl methyl sites for hydroxylation is 1. The molecule has 1 aromatic carbocycles. The summed E-state index contributed by atoms with van der Waals surface area (Å²) in [5.74, 6) is 0. The van der Waals surface area contributed by atoms with Crippen molar-refractivity contribution in [1.82, 2.24) is 0 Å². The summed E-state index contributed by atoms with van der Waals surface area (Å²) in [6.45, 7) is -4.82. The largest absolute Gasteiger partial charge is 1.00 e. The molecule has 0 fully saturated rings. The molecule has 0 bridgehead atoms. The van der Waals surface area contributed by atoms with Gasteiger partial charge in [0.25, 0.3) is 0 Å². The van der Waals surface area contributed by atoms with Gasteiger partial charge in [0.05, 0.1) is 0 Å². The predicted octanol–water partition coefficient (Wildman–Crippen LogP) is -0.766. The van der Waals surface area contributed by atoms with Crippen LogP contribution >= 0.6 is 0 Å². The number of halogens is 3. The Morgan fingerprint density at radius 3 is 2.43 bits per heavy atom. The summed E-state index contributed by atoms with van der Waals surface area (Å²) in [6.07, 6.45) is 2.25. The Balaban J connectivity index is 0.000000980. The van der Waals surface area contributed by atoms with Gasteiger partial charge >= 0.3 is 58.4 Å². The maximum absolute atomic E-state index is 12.5. The van der Waals surface area contributed by atoms with Crippen LogP contribution in [0.25, 0.3) is 0 Å². The number of benzene rings is 1. The molecule has 0 N–H and O–H groups in total. The average molecular weight is 224 g/mol. The first-order valence-electron chi connectivity index (χ1n) is 4.39. The maximum Gasteiger partial charge on any atom is 1.00 e. The third kappa shape index (κ3) is 2.44. The first-order chi connectivity index (χ1) is 6.09. The molecule has 70 valence electrons. The van der Waals surface area contributed by atoms with Crippen LogP contribution < -0.4 is 56.8 Å². The van der Waals surface area contributed by atoms with E-state index in [0.717, 1.165) is 18.4 Å². The second-order valence-electron chi connectivity index (χ2n) is 3.41. The monoisotopic (exact) mass is 224 g/mol. The van der Waals surface area contributed by atoms with E-state index in [1.165, 1.54) is 12.1 Å². The summed E-state index contributed by atoms with van der Waals surface area (Å²) in [7, 11) is 0. The number of hydrogen-bond acceptors (Lipinski definition) is 0. The molecule has 0 radical (unpaired) electrons. The SMILES string of the molecule is F[B-](F)(F)c1cccc2c1CCC2.[K+]. The van der Waals surface area contributed by atoms with Gasteiger partial charge < -0.3 is 12.9 Å². The standard InChI is InChI=1S/C9H9BF3.K/c11-10(12,13)9-6-2-4-7-3-1-5-8(7)9;/h2,4,6H,1,3,5H2;/q-1;+1. The van der Waals surface area contributed by atoms with Gasteiger partial charge in [0.15, 0.2) is 0 Å². The molecule has 0 unspecified atom stereocenters. The Bertz CT molecular complexity index is 335. The molecule has 1 aliphatic rings. The third-order valence-electron chi connectivity index (χ3n) is 2.53. The molecule has 1 aromatic rings. The minimum atomic E-state index is -4.82. The van der Waals surface area contributed by atoms with Gasteiger partial charge in [0, 0.05) is 0 Å². The maximum atomic E-state index is 12.5. The molecule has 0 saturated heterocycles. The summed E-state index contributed by atoms with van der Waals surface area (Å²) < 4.78 is 37.5. The zero-order chi connectivity index (χ0) is 9.47. The molecule has 0 aromatic heterocycles. The fourth-order valence-corrected chi connectivity index (χ4v) is 1.96. The van der Waals surface area contributed by atoms with Crippen molar-refractivity contribution >= 4 is 12.4 Å². The molecule has 0 saturated carbocycles. The summed E-state index contributed by atoms with van der Waals surface area (Å²) in [5, 5.41) is 0. The fraction of sp³-hybridized carbons (Fsp3) is 0.333. The van der Waals surface area contributed by atoms with E-state index in [2.05, 4.69) is 0 Å². The number of hydrogen-bond donors (Lipinski definition) is 0. The minimum Gasteiger partial charge on any atom is -0.445 e. The summed E-state index contributed by atoms with van der Waals surface area (Å²) in [4.78, 5) is 0. The van der Waals surface area contributed by atoms with Gasteiger partial charge in [-0.25, -0.2) is 0 Å². The van der Waals surface area contributed by atoms with Crippen molar-refractivity contribution in [3.05, 3.63) is 29.3 Å². The van der Waals surface area contributed by atoms with E-state index in [1.54, 1.807) is 6.07 Å². The van der Waals surface area contributed by atoms with Gasteiger partial charge in [-0.05, 0) is 24.8 Å². The molecule has 0 aliphatic heterocycles. The van der Waals surface area contributed by atoms with Crippen molar-refractivity contribution in [2.75, 3.05) is 0 Å². The summed E-state index contributed by atoms with van der Waals surface area (Å²) in [6, 6.07) is 4.51. The van der Waals surface area contributed by atoms with E-state index >= 15 is 0 Å². The van der Waals surface area contributed by atoms with Crippen molar-refractivity contribution in [2.24, 2.45) is 0 Å². The van der Waals surface area contributed by atoms with Crippen molar-refractivity contribution < 1.29 is 64.3 Å². The van der Waals surface area contributed by atoms with Crippen LogP contribution in [0.5, 0.6) is 0 Å². The number of fused-ring (bicyclic) bond motifs is 1. The smallest absolute Gasteiger partial charge is 0.445 e. The Morgan fingerprint density at radius 1 is 1.07 bits per heavy atom. The van der Waals surface area contributed by atoms with Crippen molar-refractivity contribution in [3.63, 3.8) is 0 Å². The summed E-state index contributed by atoms with van der Waals surface area (Å²) >= 11 is 0. The van der Waals surface area contributed by atoms with Crippen LogP contribution in [0.1, 0.15) is 17.5 Å². The van der Waals surface area contributed by atoms with Gasteiger partial charge in [-0.1, -0.05) is 23.8 Å². The third-order valence-corrected chi connectivity index (χ3v) is 2.53. The predicted molar refractivity (Wildman–Crippen MR) is 47.2 cm³/mol. The van der Waals surface area contributed by atoms with Crippen molar-refractivity contribution in [3.8, 4) is 0 Å². The molecule has 2 rings (SSSR count). The molecular weight excluding hydrogens is 215 g/mol. The Hall–Kier alpha value is 0.711. The molecule has 0 spiro atoms. The first kappa shape index (κ1) is 12.8. The van der Waals surface area contributed by atoms with Crippen LogP contribution in [-0.4, -0.2) is 6.98 Å². The van der Waals surface area contributed by atoms with E-state index in [9.17, 15) is 12.9 Å². The van der Waals surface area contributed by atoms with E-state index in [0.29, 0.717) is 12.0 Å². The Kier molecular flexibility index (Phi) is 4.29. The quantitative estimate of drug-likeness (QED) is 0.550. The summed E-state index contributed by atoms with van der Waals surface area (Å²) in [5.41, 5.74) is 1.04. The van der Waals surface area contributed by atoms with Crippen molar-refractivity contribution in [1.29, 1.82) is 0 Å². The first-order valence-corrected chi connectivity index (χ1v) is 4.39. The molecule has 0 atom stereocenters. The normalized spacial score (nSPS) is 14.8. The molecule has 1 aliphatic carbocycles. The number of rotatable bonds is 1. The van der Waals surface area contributed by atoms with Gasteiger partial charge in [0.2, 0.25) is 0 Å². The van der Waals surface area contributed by atoms with Crippen molar-refractivity contribution in [2.45, 2.75) is 19.3 Å². The second-order valence-corrected chi connectivity index (χ2v) is 3.41. The van der Waals surface area contributed by atoms with E-state index in [-0.39, 0.29) is 56.8 Å². The molecule has 14 heavy (non-hydrogen) atoms. The molecule has 0 heterocycles.